The largest absolute Gasteiger partial charge is 0.455 e. The third kappa shape index (κ3) is 8.90. The summed E-state index contributed by atoms with van der Waals surface area (Å²) in [5, 5.41) is 16.0. The van der Waals surface area contributed by atoms with E-state index >= 15 is 8.78 Å². The zero-order chi connectivity index (χ0) is 49.1. The molecule has 1 saturated carbocycles. The number of hydrogen-bond donors (Lipinski definition) is 4. The van der Waals surface area contributed by atoms with E-state index in [1.54, 1.807) is 18.3 Å². The predicted molar refractivity (Wildman–Crippen MR) is 260 cm³/mol. The Hall–Kier alpha value is -6.67. The van der Waals surface area contributed by atoms with Crippen molar-refractivity contribution >= 4 is 61.0 Å². The molecule has 3 aliphatic heterocycles. The molecule has 0 bridgehead atoms. The normalized spacial score (nSPS) is 19.5. The van der Waals surface area contributed by atoms with E-state index in [-0.39, 0.29) is 77.7 Å². The van der Waals surface area contributed by atoms with E-state index in [4.69, 9.17) is 4.74 Å². The number of aromatic nitrogens is 4. The lowest BCUT2D eigenvalue weighted by Gasteiger charge is -2.56. The highest BCUT2D eigenvalue weighted by Gasteiger charge is 2.50. The molecule has 70 heavy (non-hydrogen) atoms. The number of carbonyl (C=O) groups excluding carboxylic acids is 2. The number of hydrogen-bond acceptors (Lipinski definition) is 12. The van der Waals surface area contributed by atoms with Gasteiger partial charge in [-0.3, -0.25) is 24.6 Å². The molecule has 1 spiro atoms. The number of anilines is 2. The van der Waals surface area contributed by atoms with E-state index in [1.807, 2.05) is 9.62 Å². The summed E-state index contributed by atoms with van der Waals surface area (Å²) in [6.07, 6.45) is 10.4. The van der Waals surface area contributed by atoms with Crippen LogP contribution in [0.2, 0.25) is 0 Å². The Morgan fingerprint density at radius 2 is 1.76 bits per heavy atom. The summed E-state index contributed by atoms with van der Waals surface area (Å²) in [5.41, 5.74) is 0.157. The van der Waals surface area contributed by atoms with Crippen LogP contribution in [0.1, 0.15) is 106 Å². The lowest BCUT2D eigenvalue weighted by atomic mass is 9.59. The van der Waals surface area contributed by atoms with Gasteiger partial charge in [0.05, 0.1) is 34.2 Å². The van der Waals surface area contributed by atoms with Gasteiger partial charge in [-0.15, -0.1) is 0 Å². The molecule has 2 amide bonds. The molecule has 3 aromatic heterocycles. The van der Waals surface area contributed by atoms with Gasteiger partial charge in [-0.25, -0.2) is 31.9 Å². The molecule has 6 heterocycles. The van der Waals surface area contributed by atoms with Crippen molar-refractivity contribution in [1.82, 2.24) is 34.5 Å². The van der Waals surface area contributed by atoms with Crippen LogP contribution in [0.4, 0.5) is 25.8 Å². The number of rotatable bonds is 13. The maximum atomic E-state index is 16.5. The summed E-state index contributed by atoms with van der Waals surface area (Å²) < 4.78 is 69.1. The number of amides is 2. The number of likely N-dealkylation sites (tertiary alicyclic amines) is 2. The van der Waals surface area contributed by atoms with Crippen LogP contribution in [0.25, 0.3) is 22.1 Å². The zero-order valence-corrected chi connectivity index (χ0v) is 40.1. The topological polar surface area (TPSA) is 212 Å². The second-order valence-corrected chi connectivity index (χ2v) is 21.5. The molecular formula is C50H56F2N10O7S. The molecule has 4 aliphatic rings. The van der Waals surface area contributed by atoms with Crippen molar-refractivity contribution in [2.45, 2.75) is 101 Å². The minimum Gasteiger partial charge on any atom is -0.455 e. The van der Waals surface area contributed by atoms with E-state index in [0.717, 1.165) is 57.1 Å². The highest BCUT2D eigenvalue weighted by molar-refractivity contribution is 7.90. The number of carbonyl (C=O) groups is 2. The van der Waals surface area contributed by atoms with Crippen LogP contribution >= 0.6 is 0 Å². The van der Waals surface area contributed by atoms with Gasteiger partial charge in [0.1, 0.15) is 44.7 Å². The van der Waals surface area contributed by atoms with Gasteiger partial charge in [0, 0.05) is 88.3 Å². The molecule has 4 fully saturated rings. The maximum absolute atomic E-state index is 16.5. The fraction of sp³-hybridized carbons (Fsp3) is 0.440. The molecule has 3 aromatic carbocycles. The van der Waals surface area contributed by atoms with Crippen LogP contribution in [0.5, 0.6) is 11.5 Å². The third-order valence-corrected chi connectivity index (χ3v) is 16.5. The Kier molecular flexibility index (Phi) is 12.3. The van der Waals surface area contributed by atoms with Gasteiger partial charge in [-0.1, -0.05) is 38.1 Å². The Labute approximate surface area is 403 Å². The lowest BCUT2D eigenvalue weighted by molar-refractivity contribution is -0.384. The van der Waals surface area contributed by atoms with Crippen LogP contribution in [0.15, 0.2) is 78.2 Å². The van der Waals surface area contributed by atoms with Crippen molar-refractivity contribution in [3.8, 4) is 11.5 Å². The second kappa shape index (κ2) is 18.3. The molecule has 4 N–H and O–H groups in total. The van der Waals surface area contributed by atoms with Gasteiger partial charge in [0.25, 0.3) is 21.6 Å². The highest BCUT2D eigenvalue weighted by atomic mass is 32.2. The molecule has 0 radical (unpaired) electrons. The third-order valence-electron chi connectivity index (χ3n) is 15.2. The first-order chi connectivity index (χ1) is 33.5. The van der Waals surface area contributed by atoms with Crippen molar-refractivity contribution in [3.05, 3.63) is 106 Å². The van der Waals surface area contributed by atoms with Gasteiger partial charge in [-0.05, 0) is 85.7 Å². The van der Waals surface area contributed by atoms with Crippen molar-refractivity contribution in [2.75, 3.05) is 49.5 Å². The van der Waals surface area contributed by atoms with E-state index in [1.165, 1.54) is 41.6 Å². The van der Waals surface area contributed by atoms with Gasteiger partial charge in [0.2, 0.25) is 5.91 Å². The number of halogens is 2. The molecule has 0 unspecified atom stereocenters. The number of aromatic amines is 2. The fourth-order valence-electron chi connectivity index (χ4n) is 11.3. The number of benzene rings is 3. The standard InChI is InChI=1S/C50H56F2N10O7S/c1-30(2)35-7-4-5-8-36(35)39-9-6-16-61(39)33-25-49(26-33)11-17-60(18-12-49)40-23-42(69-34-21-32-10-15-53-47(32)54-27-34)37(22-38(40)51)48(64)58-70(67,68)43-24-41(62(65)66)44(46-45(43)56-29-57-46)55-28-50(52)13-19-59(20-14-50)31(3)63/h4-5,7-8,10,15,21-24,27,29-30,33,39,55H,6,9,11-14,16-20,25-26,28H2,1-3H3,(H,53,54)(H,56,57)(H,58,64)/t39-/m0/s1. The quantitative estimate of drug-likeness (QED) is 0.0632. The summed E-state index contributed by atoms with van der Waals surface area (Å²) in [4.78, 5) is 57.4. The number of imidazole rings is 1. The molecule has 1 aliphatic carbocycles. The average molecular weight is 979 g/mol. The number of fused-ring (bicyclic) bond motifs is 2. The first-order valence-corrected chi connectivity index (χ1v) is 25.4. The highest BCUT2D eigenvalue weighted by Crippen LogP contribution is 2.54. The SMILES string of the molecule is CC(=O)N1CCC(F)(CNc2c([N+](=O)[O-])cc(S(=O)(=O)NC(=O)c3cc(F)c(N4CCC5(CC4)CC(N4CCC[C@H]4c4ccccc4C(C)C)C5)cc3Oc3cnc4[nH]ccc4c3)c3nc[nH]c23)CC1. The molecule has 368 valence electrons. The summed E-state index contributed by atoms with van der Waals surface area (Å²) >= 11 is 0. The first-order valence-electron chi connectivity index (χ1n) is 23.9. The molecule has 10 rings (SSSR count). The van der Waals surface area contributed by atoms with Gasteiger partial charge >= 0.3 is 0 Å². The smallest absolute Gasteiger partial charge is 0.296 e. The van der Waals surface area contributed by atoms with Gasteiger partial charge in [0.15, 0.2) is 0 Å². The number of piperidine rings is 2. The van der Waals surface area contributed by atoms with E-state index in [0.29, 0.717) is 42.1 Å². The minimum atomic E-state index is -4.97. The number of nitrogens with one attached hydrogen (secondary N) is 4. The number of nitro groups is 1. The fourth-order valence-corrected chi connectivity index (χ4v) is 12.5. The van der Waals surface area contributed by atoms with E-state index in [2.05, 4.69) is 68.3 Å². The molecule has 6 aromatic rings. The Balaban J connectivity index is 0.886. The van der Waals surface area contributed by atoms with Crippen LogP contribution in [-0.2, 0) is 14.8 Å². The number of nitrogens with zero attached hydrogens (tertiary/aromatic N) is 6. The van der Waals surface area contributed by atoms with E-state index < -0.39 is 48.5 Å². The monoisotopic (exact) mass is 978 g/mol. The molecular weight excluding hydrogens is 923 g/mol. The number of H-pyrrole nitrogens is 2. The van der Waals surface area contributed by atoms with Crippen LogP contribution < -0.4 is 19.7 Å². The Morgan fingerprint density at radius 3 is 2.49 bits per heavy atom. The summed E-state index contributed by atoms with van der Waals surface area (Å²) in [7, 11) is -4.97. The van der Waals surface area contributed by atoms with Gasteiger partial charge < -0.3 is 29.8 Å². The second-order valence-electron chi connectivity index (χ2n) is 19.8. The first kappa shape index (κ1) is 47.0. The summed E-state index contributed by atoms with van der Waals surface area (Å²) in [6, 6.07) is 16.2. The molecule has 1 atom stereocenters. The van der Waals surface area contributed by atoms with Crippen LogP contribution in [0, 0.1) is 21.3 Å². The van der Waals surface area contributed by atoms with Crippen LogP contribution in [-0.4, -0.2) is 106 Å². The van der Waals surface area contributed by atoms with Gasteiger partial charge in [-0.2, -0.15) is 0 Å². The Morgan fingerprint density at radius 1 is 1.00 bits per heavy atom. The zero-order valence-electron chi connectivity index (χ0n) is 39.3. The number of alkyl halides is 1. The number of sulfonamides is 1. The maximum Gasteiger partial charge on any atom is 0.296 e. The number of nitro benzene ring substituents is 1. The minimum absolute atomic E-state index is 0.0176. The van der Waals surface area contributed by atoms with E-state index in [9.17, 15) is 28.1 Å². The number of ether oxygens (including phenoxy) is 1. The molecule has 17 nitrogen and oxygen atoms in total. The Bertz CT molecular complexity index is 3120. The molecule has 3 saturated heterocycles. The molecule has 20 heteroatoms. The van der Waals surface area contributed by atoms with Crippen molar-refractivity contribution in [1.29, 1.82) is 0 Å². The average Bonchev–Trinajstić information content (AvgIpc) is 4.12. The van der Waals surface area contributed by atoms with Crippen LogP contribution in [0.3, 0.4) is 0 Å². The number of pyridine rings is 1. The predicted octanol–water partition coefficient (Wildman–Crippen LogP) is 8.87. The summed E-state index contributed by atoms with van der Waals surface area (Å²) in [6.45, 7) is 8.06. The summed E-state index contributed by atoms with van der Waals surface area (Å²) in [5.74, 6) is -1.72. The van der Waals surface area contributed by atoms with Crippen molar-refractivity contribution in [3.63, 3.8) is 0 Å². The van der Waals surface area contributed by atoms with Crippen molar-refractivity contribution in [2.24, 2.45) is 5.41 Å². The lowest BCUT2D eigenvalue weighted by Crippen LogP contribution is -2.55. The van der Waals surface area contributed by atoms with Crippen molar-refractivity contribution < 1.29 is 36.4 Å².